The van der Waals surface area contributed by atoms with Gasteiger partial charge in [-0.15, -0.1) is 0 Å². The number of carboxylic acids is 4. The number of carboxylic acid groups (broad SMARTS) is 4. The van der Waals surface area contributed by atoms with Crippen molar-refractivity contribution in [3.63, 3.8) is 0 Å². The maximum absolute atomic E-state index is 11.0. The summed E-state index contributed by atoms with van der Waals surface area (Å²) in [5.74, 6) is -6.68. The van der Waals surface area contributed by atoms with Gasteiger partial charge in [0.15, 0.2) is 0 Å². The fourth-order valence-corrected chi connectivity index (χ4v) is 1.58. The van der Waals surface area contributed by atoms with Crippen LogP contribution in [0.3, 0.4) is 0 Å². The van der Waals surface area contributed by atoms with E-state index in [4.69, 9.17) is 0 Å². The average Bonchev–Trinajstić information content (AvgIpc) is 2.41. The van der Waals surface area contributed by atoms with Gasteiger partial charge in [-0.1, -0.05) is 12.2 Å². The number of aliphatic carboxylic acids is 2. The van der Waals surface area contributed by atoms with Crippen molar-refractivity contribution in [2.24, 2.45) is 0 Å². The van der Waals surface area contributed by atoms with Crippen molar-refractivity contribution in [3.05, 3.63) is 46.5 Å². The topological polar surface area (TPSA) is 161 Å². The number of benzene rings is 1. The lowest BCUT2D eigenvalue weighted by Crippen LogP contribution is -2.27. The largest absolute Gasteiger partial charge is 0.545 e. The maximum Gasteiger partial charge on any atom is 0.0721 e. The second-order valence-corrected chi connectivity index (χ2v) is 3.91. The van der Waals surface area contributed by atoms with Crippen LogP contribution in [0.25, 0.3) is 12.2 Å². The van der Waals surface area contributed by atoms with Crippen LogP contribution in [-0.4, -0.2) is 23.9 Å². The molecule has 0 radical (unpaired) electrons. The summed E-state index contributed by atoms with van der Waals surface area (Å²) >= 11 is 0. The predicted octanol–water partition coefficient (Wildman–Crippen LogP) is -4.06. The number of aromatic carboxylic acids is 2. The third-order valence-electron chi connectivity index (χ3n) is 2.46. The highest BCUT2D eigenvalue weighted by Crippen LogP contribution is 2.19. The van der Waals surface area contributed by atoms with Crippen LogP contribution in [-0.2, 0) is 9.59 Å². The van der Waals surface area contributed by atoms with Crippen molar-refractivity contribution >= 4 is 36.0 Å². The minimum Gasteiger partial charge on any atom is -0.545 e. The van der Waals surface area contributed by atoms with E-state index in [0.29, 0.717) is 12.2 Å². The molecule has 22 heavy (non-hydrogen) atoms. The quantitative estimate of drug-likeness (QED) is 0.479. The van der Waals surface area contributed by atoms with Crippen LogP contribution in [0, 0.1) is 0 Å². The summed E-state index contributed by atoms with van der Waals surface area (Å²) in [6, 6.07) is 1.63. The van der Waals surface area contributed by atoms with Crippen LogP contribution in [0.15, 0.2) is 24.3 Å². The van der Waals surface area contributed by atoms with E-state index in [1.165, 1.54) is 0 Å². The van der Waals surface area contributed by atoms with Crippen LogP contribution in [0.4, 0.5) is 0 Å². The minimum atomic E-state index is -1.72. The van der Waals surface area contributed by atoms with Crippen LogP contribution in [0.2, 0.25) is 0 Å². The molecular formula is C14H6O8-4. The Morgan fingerprint density at radius 2 is 1.00 bits per heavy atom. The van der Waals surface area contributed by atoms with Crippen LogP contribution in [0.5, 0.6) is 0 Å². The highest BCUT2D eigenvalue weighted by Gasteiger charge is 2.09. The molecule has 0 spiro atoms. The molecule has 0 N–H and O–H groups in total. The van der Waals surface area contributed by atoms with Gasteiger partial charge < -0.3 is 39.6 Å². The van der Waals surface area contributed by atoms with Crippen molar-refractivity contribution < 1.29 is 39.6 Å². The second kappa shape index (κ2) is 6.84. The molecule has 0 saturated carbocycles. The first kappa shape index (κ1) is 16.6. The zero-order chi connectivity index (χ0) is 16.9. The van der Waals surface area contributed by atoms with Gasteiger partial charge in [0.2, 0.25) is 0 Å². The minimum absolute atomic E-state index is 0.283. The molecule has 0 aliphatic rings. The van der Waals surface area contributed by atoms with Gasteiger partial charge in [0.1, 0.15) is 0 Å². The lowest BCUT2D eigenvalue weighted by atomic mass is 9.97. The predicted molar refractivity (Wildman–Crippen MR) is 63.2 cm³/mol. The van der Waals surface area contributed by atoms with Gasteiger partial charge in [-0.05, 0) is 35.4 Å². The molecule has 1 rings (SSSR count). The van der Waals surface area contributed by atoms with E-state index in [0.717, 1.165) is 24.3 Å². The monoisotopic (exact) mass is 302 g/mol. The number of rotatable bonds is 6. The molecule has 0 atom stereocenters. The number of carbonyl (C=O) groups is 4. The summed E-state index contributed by atoms with van der Waals surface area (Å²) < 4.78 is 0. The molecule has 0 amide bonds. The van der Waals surface area contributed by atoms with E-state index in [1.807, 2.05) is 0 Å². The molecular weight excluding hydrogens is 296 g/mol. The van der Waals surface area contributed by atoms with Crippen molar-refractivity contribution in [3.8, 4) is 0 Å². The van der Waals surface area contributed by atoms with Gasteiger partial charge in [-0.2, -0.15) is 0 Å². The molecule has 0 aromatic heterocycles. The standard InChI is InChI=1S/C14H10O8/c15-11(16)3-1-7-5-10(14(21)22)8(2-4-12(17)18)6-9(7)13(19)20/h1-6H,(H,15,16)(H,17,18)(H,19,20)(H,21,22)/p-4/b3-1+,4-2+. The zero-order valence-electron chi connectivity index (χ0n) is 10.7. The van der Waals surface area contributed by atoms with Crippen molar-refractivity contribution in [1.29, 1.82) is 0 Å². The summed E-state index contributed by atoms with van der Waals surface area (Å²) in [7, 11) is 0. The lowest BCUT2D eigenvalue weighted by molar-refractivity contribution is -0.298. The first-order chi connectivity index (χ1) is 10.2. The molecule has 0 aliphatic heterocycles. The molecule has 114 valence electrons. The summed E-state index contributed by atoms with van der Waals surface area (Å²) in [5.41, 5.74) is -1.65. The highest BCUT2D eigenvalue weighted by atomic mass is 16.4. The van der Waals surface area contributed by atoms with Crippen molar-refractivity contribution in [2.75, 3.05) is 0 Å². The molecule has 0 bridgehead atoms. The van der Waals surface area contributed by atoms with Gasteiger partial charge in [-0.25, -0.2) is 0 Å². The third-order valence-corrected chi connectivity index (χ3v) is 2.46. The van der Waals surface area contributed by atoms with E-state index < -0.39 is 35.0 Å². The lowest BCUT2D eigenvalue weighted by Gasteiger charge is -2.14. The number of carbonyl (C=O) groups excluding carboxylic acids is 4. The molecule has 1 aromatic carbocycles. The first-order valence-electron chi connectivity index (χ1n) is 5.61. The summed E-state index contributed by atoms with van der Waals surface area (Å²) in [6.45, 7) is 0. The van der Waals surface area contributed by atoms with Gasteiger partial charge in [0.25, 0.3) is 0 Å². The third kappa shape index (κ3) is 4.30. The molecule has 0 heterocycles. The van der Waals surface area contributed by atoms with Gasteiger partial charge in [0.05, 0.1) is 23.9 Å². The Hall–Kier alpha value is -3.42. The van der Waals surface area contributed by atoms with E-state index >= 15 is 0 Å². The fourth-order valence-electron chi connectivity index (χ4n) is 1.58. The normalized spacial score (nSPS) is 10.9. The Labute approximate surface area is 123 Å². The van der Waals surface area contributed by atoms with Gasteiger partial charge in [0, 0.05) is 11.1 Å². The summed E-state index contributed by atoms with van der Waals surface area (Å²) in [6.07, 6.45) is 2.60. The Kier molecular flexibility index (Phi) is 5.17. The SMILES string of the molecule is O=C([O-])/C=C/c1cc(C(=O)[O-])c(/C=C/C(=O)[O-])cc1C(=O)[O-]. The zero-order valence-corrected chi connectivity index (χ0v) is 10.7. The van der Waals surface area contributed by atoms with Crippen LogP contribution >= 0.6 is 0 Å². The molecule has 0 fully saturated rings. The Morgan fingerprint density at radius 1 is 0.682 bits per heavy atom. The fraction of sp³-hybridized carbons (Fsp3) is 0. The van der Waals surface area contributed by atoms with Crippen LogP contribution in [0.1, 0.15) is 31.8 Å². The second-order valence-electron chi connectivity index (χ2n) is 3.91. The Morgan fingerprint density at radius 3 is 1.23 bits per heavy atom. The molecule has 0 saturated heterocycles. The van der Waals surface area contributed by atoms with E-state index in [1.54, 1.807) is 0 Å². The molecule has 8 nitrogen and oxygen atoms in total. The summed E-state index contributed by atoms with van der Waals surface area (Å²) in [4.78, 5) is 42.7. The first-order valence-corrected chi connectivity index (χ1v) is 5.61. The molecule has 0 aliphatic carbocycles. The highest BCUT2D eigenvalue weighted by molar-refractivity contribution is 5.99. The van der Waals surface area contributed by atoms with Gasteiger partial charge >= 0.3 is 0 Å². The number of hydrogen-bond donors (Lipinski definition) is 0. The molecule has 8 heteroatoms. The van der Waals surface area contributed by atoms with Crippen molar-refractivity contribution in [2.45, 2.75) is 0 Å². The summed E-state index contributed by atoms with van der Waals surface area (Å²) in [5, 5.41) is 42.7. The van der Waals surface area contributed by atoms with E-state index in [2.05, 4.69) is 0 Å². The van der Waals surface area contributed by atoms with E-state index in [-0.39, 0.29) is 11.1 Å². The van der Waals surface area contributed by atoms with Crippen LogP contribution < -0.4 is 20.4 Å². The Balaban J connectivity index is 3.57. The Bertz CT molecular complexity index is 650. The van der Waals surface area contributed by atoms with E-state index in [9.17, 15) is 39.6 Å². The average molecular weight is 302 g/mol. The molecule has 0 unspecified atom stereocenters. The van der Waals surface area contributed by atoms with Crippen molar-refractivity contribution in [1.82, 2.24) is 0 Å². The van der Waals surface area contributed by atoms with Gasteiger partial charge in [-0.3, -0.25) is 0 Å². The maximum atomic E-state index is 11.0. The molecule has 1 aromatic rings. The number of hydrogen-bond acceptors (Lipinski definition) is 8. The smallest absolute Gasteiger partial charge is 0.0721 e.